The Kier molecular flexibility index (Phi) is 5.44. The predicted molar refractivity (Wildman–Crippen MR) is 85.3 cm³/mol. The summed E-state index contributed by atoms with van der Waals surface area (Å²) in [5, 5.41) is 11.2. The quantitative estimate of drug-likeness (QED) is 0.413. The van der Waals surface area contributed by atoms with Crippen LogP contribution in [0.2, 0.25) is 0 Å². The molecule has 1 saturated carbocycles. The zero-order valence-electron chi connectivity index (χ0n) is 11.5. The zero-order chi connectivity index (χ0) is 14.7. The summed E-state index contributed by atoms with van der Waals surface area (Å²) in [6, 6.07) is 5.24. The third-order valence-corrected chi connectivity index (χ3v) is 5.80. The van der Waals surface area contributed by atoms with Crippen LogP contribution >= 0.6 is 27.5 Å². The molecule has 0 saturated heterocycles. The van der Waals surface area contributed by atoms with Crippen molar-refractivity contribution < 1.29 is 4.92 Å². The summed E-state index contributed by atoms with van der Waals surface area (Å²) in [5.41, 5.74) is 1.13. The number of nitrogens with zero attached hydrogens (tertiary/aromatic N) is 1. The van der Waals surface area contributed by atoms with E-state index in [2.05, 4.69) is 22.9 Å². The molecule has 20 heavy (non-hydrogen) atoms. The molecule has 3 nitrogen and oxygen atoms in total. The maximum Gasteiger partial charge on any atom is 0.283 e. The average molecular weight is 361 g/mol. The molecule has 0 N–H and O–H groups in total. The van der Waals surface area contributed by atoms with Gasteiger partial charge in [-0.25, -0.2) is 0 Å². The van der Waals surface area contributed by atoms with Gasteiger partial charge in [0.25, 0.3) is 5.69 Å². The molecule has 110 valence electrons. The maximum absolute atomic E-state index is 11.0. The molecule has 0 bridgehead atoms. The Morgan fingerprint density at radius 2 is 2.20 bits per heavy atom. The standard InChI is InChI=1S/C15H19BrClNO2/c1-2-10-6-7-13(17)12(8-10)9-11-4-3-5-14(15(11)16)18(19)20/h3-5,10,12-13H,2,6-9H2,1H3. The largest absolute Gasteiger partial charge is 0.283 e. The molecule has 1 aliphatic rings. The summed E-state index contributed by atoms with van der Waals surface area (Å²) >= 11 is 9.84. The summed E-state index contributed by atoms with van der Waals surface area (Å²) < 4.78 is 0.604. The van der Waals surface area contributed by atoms with Crippen LogP contribution in [0.25, 0.3) is 0 Å². The lowest BCUT2D eigenvalue weighted by Gasteiger charge is -2.32. The fourth-order valence-corrected chi connectivity index (χ4v) is 3.94. The predicted octanol–water partition coefficient (Wildman–Crippen LogP) is 5.33. The average Bonchev–Trinajstić information content (AvgIpc) is 2.43. The Hall–Kier alpha value is -0.610. The van der Waals surface area contributed by atoms with Crippen molar-refractivity contribution in [1.82, 2.24) is 0 Å². The van der Waals surface area contributed by atoms with Gasteiger partial charge in [-0.05, 0) is 59.0 Å². The fraction of sp³-hybridized carbons (Fsp3) is 0.600. The van der Waals surface area contributed by atoms with Crippen molar-refractivity contribution in [3.8, 4) is 0 Å². The van der Waals surface area contributed by atoms with Gasteiger partial charge < -0.3 is 0 Å². The minimum absolute atomic E-state index is 0.136. The van der Waals surface area contributed by atoms with Crippen LogP contribution in [0.5, 0.6) is 0 Å². The second-order valence-corrected chi connectivity index (χ2v) is 6.93. The van der Waals surface area contributed by atoms with Crippen LogP contribution in [0.1, 0.15) is 38.2 Å². The summed E-state index contributed by atoms with van der Waals surface area (Å²) in [5.74, 6) is 1.15. The zero-order valence-corrected chi connectivity index (χ0v) is 13.9. The number of hydrogen-bond acceptors (Lipinski definition) is 2. The molecule has 0 spiro atoms. The third-order valence-electron chi connectivity index (χ3n) is 4.31. The summed E-state index contributed by atoms with van der Waals surface area (Å²) in [6.07, 6.45) is 5.39. The van der Waals surface area contributed by atoms with Crippen LogP contribution in [-0.4, -0.2) is 10.3 Å². The van der Waals surface area contributed by atoms with Crippen LogP contribution in [-0.2, 0) is 6.42 Å². The van der Waals surface area contributed by atoms with E-state index in [4.69, 9.17) is 11.6 Å². The van der Waals surface area contributed by atoms with Crippen LogP contribution in [0.15, 0.2) is 22.7 Å². The van der Waals surface area contributed by atoms with Crippen molar-refractivity contribution in [2.75, 3.05) is 0 Å². The molecule has 0 aliphatic heterocycles. The highest BCUT2D eigenvalue weighted by Gasteiger charge is 2.29. The lowest BCUT2D eigenvalue weighted by Crippen LogP contribution is -2.27. The van der Waals surface area contributed by atoms with E-state index in [1.165, 1.54) is 18.9 Å². The van der Waals surface area contributed by atoms with E-state index < -0.39 is 0 Å². The van der Waals surface area contributed by atoms with Crippen molar-refractivity contribution in [2.24, 2.45) is 11.8 Å². The molecule has 1 aliphatic carbocycles. The first kappa shape index (κ1) is 15.8. The first-order valence-electron chi connectivity index (χ1n) is 7.08. The molecular weight excluding hydrogens is 342 g/mol. The second-order valence-electron chi connectivity index (χ2n) is 5.57. The lowest BCUT2D eigenvalue weighted by molar-refractivity contribution is -0.385. The van der Waals surface area contributed by atoms with Crippen LogP contribution < -0.4 is 0 Å². The first-order valence-corrected chi connectivity index (χ1v) is 8.31. The molecule has 1 aromatic carbocycles. The molecule has 3 unspecified atom stereocenters. The normalized spacial score (nSPS) is 26.4. The molecule has 0 radical (unpaired) electrons. The van der Waals surface area contributed by atoms with Gasteiger partial charge in [0.1, 0.15) is 0 Å². The number of hydrogen-bond donors (Lipinski definition) is 0. The van der Waals surface area contributed by atoms with E-state index in [9.17, 15) is 10.1 Å². The van der Waals surface area contributed by atoms with Gasteiger partial charge in [-0.3, -0.25) is 10.1 Å². The van der Waals surface area contributed by atoms with E-state index in [1.807, 2.05) is 6.07 Å². The maximum atomic E-state index is 11.0. The van der Waals surface area contributed by atoms with Gasteiger partial charge in [-0.1, -0.05) is 25.5 Å². The fourth-order valence-electron chi connectivity index (χ4n) is 3.05. The molecular formula is C15H19BrClNO2. The van der Waals surface area contributed by atoms with Gasteiger partial charge in [0, 0.05) is 11.4 Å². The second kappa shape index (κ2) is 6.90. The Morgan fingerprint density at radius 1 is 1.45 bits per heavy atom. The molecule has 1 fully saturated rings. The van der Waals surface area contributed by atoms with E-state index in [1.54, 1.807) is 6.07 Å². The van der Waals surface area contributed by atoms with Gasteiger partial charge in [0.2, 0.25) is 0 Å². The monoisotopic (exact) mass is 359 g/mol. The van der Waals surface area contributed by atoms with Crippen molar-refractivity contribution in [1.29, 1.82) is 0 Å². The minimum atomic E-state index is -0.346. The van der Waals surface area contributed by atoms with Crippen molar-refractivity contribution in [3.63, 3.8) is 0 Å². The number of benzene rings is 1. The van der Waals surface area contributed by atoms with E-state index in [0.29, 0.717) is 10.4 Å². The van der Waals surface area contributed by atoms with Gasteiger partial charge in [-0.15, -0.1) is 11.6 Å². The van der Waals surface area contributed by atoms with Crippen molar-refractivity contribution in [3.05, 3.63) is 38.3 Å². The highest BCUT2D eigenvalue weighted by Crippen LogP contribution is 2.38. The highest BCUT2D eigenvalue weighted by atomic mass is 79.9. The van der Waals surface area contributed by atoms with Crippen LogP contribution in [0.3, 0.4) is 0 Å². The number of nitro groups is 1. The number of halogens is 2. The minimum Gasteiger partial charge on any atom is -0.258 e. The molecule has 0 aromatic heterocycles. The number of alkyl halides is 1. The molecule has 0 heterocycles. The molecule has 5 heteroatoms. The molecule has 3 atom stereocenters. The Morgan fingerprint density at radius 3 is 2.85 bits per heavy atom. The smallest absolute Gasteiger partial charge is 0.258 e. The highest BCUT2D eigenvalue weighted by molar-refractivity contribution is 9.10. The molecule has 0 amide bonds. The van der Waals surface area contributed by atoms with E-state index >= 15 is 0 Å². The van der Waals surface area contributed by atoms with Crippen molar-refractivity contribution >= 4 is 33.2 Å². The number of nitro benzene ring substituents is 1. The van der Waals surface area contributed by atoms with Gasteiger partial charge in [0.15, 0.2) is 0 Å². The molecule has 1 aromatic rings. The summed E-state index contributed by atoms with van der Waals surface area (Å²) in [6.45, 7) is 2.22. The Bertz CT molecular complexity index is 495. The summed E-state index contributed by atoms with van der Waals surface area (Å²) in [7, 11) is 0. The Balaban J connectivity index is 2.16. The summed E-state index contributed by atoms with van der Waals surface area (Å²) in [4.78, 5) is 10.6. The topological polar surface area (TPSA) is 43.1 Å². The lowest BCUT2D eigenvalue weighted by atomic mass is 9.77. The molecule has 2 rings (SSSR count). The number of rotatable bonds is 4. The van der Waals surface area contributed by atoms with Crippen molar-refractivity contribution in [2.45, 2.75) is 44.4 Å². The third kappa shape index (κ3) is 3.53. The Labute approximate surface area is 133 Å². The van der Waals surface area contributed by atoms with Gasteiger partial charge >= 0.3 is 0 Å². The first-order chi connectivity index (χ1) is 9.52. The van der Waals surface area contributed by atoms with Gasteiger partial charge in [0.05, 0.1) is 9.40 Å². The SMILES string of the molecule is CCC1CCC(Cl)C(Cc2cccc([N+](=O)[O-])c2Br)C1. The van der Waals surface area contributed by atoms with E-state index in [0.717, 1.165) is 30.7 Å². The van der Waals surface area contributed by atoms with E-state index in [-0.39, 0.29) is 16.0 Å². The van der Waals surface area contributed by atoms with Gasteiger partial charge in [-0.2, -0.15) is 0 Å². The van der Waals surface area contributed by atoms with Crippen LogP contribution in [0, 0.1) is 22.0 Å². The van der Waals surface area contributed by atoms with Crippen LogP contribution in [0.4, 0.5) is 5.69 Å².